The molecule has 0 radical (unpaired) electrons. The van der Waals surface area contributed by atoms with Gasteiger partial charge in [0.1, 0.15) is 5.75 Å². The second-order valence-electron chi connectivity index (χ2n) is 8.09. The van der Waals surface area contributed by atoms with Gasteiger partial charge in [-0.25, -0.2) is 0 Å². The summed E-state index contributed by atoms with van der Waals surface area (Å²) in [6.07, 6.45) is 10.6. The number of rotatable bonds is 6. The molecule has 0 aliphatic carbocycles. The van der Waals surface area contributed by atoms with Gasteiger partial charge >= 0.3 is 0 Å². The molecule has 1 aromatic carbocycles. The molecule has 0 spiro atoms. The number of likely N-dealkylation sites (tertiary alicyclic amines) is 1. The first kappa shape index (κ1) is 22.2. The number of ether oxygens (including phenoxy) is 1. The van der Waals surface area contributed by atoms with Crippen LogP contribution in [0.5, 0.6) is 5.75 Å². The number of carbonyl (C=O) groups excluding carboxylic acids is 2. The van der Waals surface area contributed by atoms with Crippen LogP contribution in [0.25, 0.3) is 0 Å². The Bertz CT molecular complexity index is 756. The van der Waals surface area contributed by atoms with E-state index in [0.717, 1.165) is 43.5 Å². The molecule has 1 aromatic rings. The molecule has 3 rings (SSSR count). The Labute approximate surface area is 180 Å². The Morgan fingerprint density at radius 2 is 1.77 bits per heavy atom. The van der Waals surface area contributed by atoms with Crippen LogP contribution in [0, 0.1) is 12.3 Å². The van der Waals surface area contributed by atoms with Crippen molar-refractivity contribution in [2.45, 2.75) is 44.6 Å². The van der Waals surface area contributed by atoms with Gasteiger partial charge in [0.25, 0.3) is 0 Å². The lowest BCUT2D eigenvalue weighted by Gasteiger charge is -2.36. The van der Waals surface area contributed by atoms with Gasteiger partial charge in [-0.05, 0) is 49.9 Å². The minimum Gasteiger partial charge on any atom is -0.497 e. The average Bonchev–Trinajstić information content (AvgIpc) is 3.04. The third-order valence-corrected chi connectivity index (χ3v) is 6.14. The lowest BCUT2D eigenvalue weighted by atomic mass is 10.0. The predicted molar refractivity (Wildman–Crippen MR) is 117 cm³/mol. The van der Waals surface area contributed by atoms with E-state index in [1.165, 1.54) is 0 Å². The number of benzene rings is 1. The summed E-state index contributed by atoms with van der Waals surface area (Å²) in [5, 5.41) is 0. The summed E-state index contributed by atoms with van der Waals surface area (Å²) in [6, 6.07) is 7.74. The van der Waals surface area contributed by atoms with Crippen LogP contribution < -0.4 is 4.74 Å². The van der Waals surface area contributed by atoms with Crippen molar-refractivity contribution in [3.8, 4) is 18.1 Å². The summed E-state index contributed by atoms with van der Waals surface area (Å²) in [6.45, 7) is 4.05. The molecule has 2 amide bonds. The van der Waals surface area contributed by atoms with Crippen molar-refractivity contribution in [2.24, 2.45) is 0 Å². The van der Waals surface area contributed by atoms with Crippen molar-refractivity contribution in [1.29, 1.82) is 0 Å². The highest BCUT2D eigenvalue weighted by molar-refractivity contribution is 5.82. The van der Waals surface area contributed by atoms with Gasteiger partial charge in [0.15, 0.2) is 0 Å². The summed E-state index contributed by atoms with van der Waals surface area (Å²) in [5.74, 6) is 3.85. The first-order valence-electron chi connectivity index (χ1n) is 11.0. The van der Waals surface area contributed by atoms with Gasteiger partial charge in [0.2, 0.25) is 11.8 Å². The van der Waals surface area contributed by atoms with Crippen LogP contribution >= 0.6 is 0 Å². The molecule has 1 unspecified atom stereocenters. The Morgan fingerprint density at radius 3 is 2.50 bits per heavy atom. The van der Waals surface area contributed by atoms with Crippen molar-refractivity contribution in [3.63, 3.8) is 0 Å². The van der Waals surface area contributed by atoms with Gasteiger partial charge in [0, 0.05) is 32.6 Å². The fraction of sp³-hybridized carbons (Fsp3) is 0.583. The lowest BCUT2D eigenvalue weighted by Crippen LogP contribution is -2.51. The molecule has 30 heavy (non-hydrogen) atoms. The number of hydrogen-bond acceptors (Lipinski definition) is 4. The number of hydrogen-bond donors (Lipinski definition) is 0. The third kappa shape index (κ3) is 5.76. The minimum absolute atomic E-state index is 0.105. The first-order chi connectivity index (χ1) is 14.6. The number of terminal acetylenes is 1. The molecule has 1 atom stereocenters. The normalized spacial score (nSPS) is 20.3. The summed E-state index contributed by atoms with van der Waals surface area (Å²) in [7, 11) is 1.65. The van der Waals surface area contributed by atoms with Crippen LogP contribution in [0.2, 0.25) is 0 Å². The largest absolute Gasteiger partial charge is 0.497 e. The van der Waals surface area contributed by atoms with Gasteiger partial charge in [-0.2, -0.15) is 0 Å². The number of amides is 2. The molecular formula is C24H33N3O3. The van der Waals surface area contributed by atoms with Crippen molar-refractivity contribution in [1.82, 2.24) is 14.7 Å². The molecule has 2 fully saturated rings. The number of methoxy groups -OCH3 is 1. The van der Waals surface area contributed by atoms with Crippen molar-refractivity contribution in [2.75, 3.05) is 46.4 Å². The molecule has 0 aromatic heterocycles. The van der Waals surface area contributed by atoms with E-state index in [4.69, 9.17) is 11.2 Å². The highest BCUT2D eigenvalue weighted by Crippen LogP contribution is 2.20. The zero-order valence-electron chi connectivity index (χ0n) is 18.0. The number of aryl methyl sites for hydroxylation is 1. The van der Waals surface area contributed by atoms with E-state index in [1.54, 1.807) is 7.11 Å². The Morgan fingerprint density at radius 1 is 1.03 bits per heavy atom. The third-order valence-electron chi connectivity index (χ3n) is 6.14. The number of carbonyl (C=O) groups is 2. The van der Waals surface area contributed by atoms with E-state index < -0.39 is 0 Å². The quantitative estimate of drug-likeness (QED) is 0.674. The van der Waals surface area contributed by atoms with Gasteiger partial charge in [-0.15, -0.1) is 6.42 Å². The first-order valence-corrected chi connectivity index (χ1v) is 11.0. The minimum atomic E-state index is -0.105. The maximum Gasteiger partial charge on any atom is 0.240 e. The maximum absolute atomic E-state index is 13.1. The molecule has 6 heteroatoms. The van der Waals surface area contributed by atoms with E-state index in [0.29, 0.717) is 45.6 Å². The van der Waals surface area contributed by atoms with Gasteiger partial charge < -0.3 is 14.5 Å². The molecule has 0 saturated carbocycles. The number of piperidine rings is 1. The van der Waals surface area contributed by atoms with Crippen LogP contribution in [0.3, 0.4) is 0 Å². The van der Waals surface area contributed by atoms with E-state index in [-0.39, 0.29) is 17.9 Å². The summed E-state index contributed by atoms with van der Waals surface area (Å²) in [5.41, 5.74) is 1.13. The van der Waals surface area contributed by atoms with Crippen molar-refractivity contribution >= 4 is 11.8 Å². The van der Waals surface area contributed by atoms with Crippen LogP contribution in [0.4, 0.5) is 0 Å². The summed E-state index contributed by atoms with van der Waals surface area (Å²) in [4.78, 5) is 31.9. The lowest BCUT2D eigenvalue weighted by molar-refractivity contribution is -0.138. The van der Waals surface area contributed by atoms with Crippen molar-refractivity contribution in [3.05, 3.63) is 29.8 Å². The number of nitrogens with zero attached hydrogens (tertiary/aromatic N) is 3. The van der Waals surface area contributed by atoms with Gasteiger partial charge in [-0.1, -0.05) is 24.5 Å². The molecule has 162 valence electrons. The highest BCUT2D eigenvalue weighted by Gasteiger charge is 2.32. The Balaban J connectivity index is 1.50. The SMILES string of the molecule is C#CCN1CCCCC1C(=O)N1CCCN(C(=O)CCc2ccc(OC)cc2)CC1. The van der Waals surface area contributed by atoms with Gasteiger partial charge in [-0.3, -0.25) is 14.5 Å². The second-order valence-corrected chi connectivity index (χ2v) is 8.09. The van der Waals surface area contributed by atoms with E-state index in [2.05, 4.69) is 10.8 Å². The predicted octanol–water partition coefficient (Wildman–Crippen LogP) is 2.18. The highest BCUT2D eigenvalue weighted by atomic mass is 16.5. The van der Waals surface area contributed by atoms with Crippen LogP contribution in [0.1, 0.15) is 37.7 Å². The molecule has 6 nitrogen and oxygen atoms in total. The smallest absolute Gasteiger partial charge is 0.240 e. The molecule has 2 heterocycles. The average molecular weight is 412 g/mol. The van der Waals surface area contributed by atoms with Crippen molar-refractivity contribution < 1.29 is 14.3 Å². The topological polar surface area (TPSA) is 53.1 Å². The molecule has 0 N–H and O–H groups in total. The standard InChI is InChI=1S/C24H33N3O3/c1-3-14-25-15-5-4-7-22(25)24(29)27-17-6-16-26(18-19-27)23(28)13-10-20-8-11-21(30-2)12-9-20/h1,8-9,11-12,22H,4-7,10,13-19H2,2H3. The second kappa shape index (κ2) is 11.0. The molecule has 2 saturated heterocycles. The molecule has 2 aliphatic rings. The zero-order chi connectivity index (χ0) is 21.3. The van der Waals surface area contributed by atoms with E-state index in [1.807, 2.05) is 34.1 Å². The Hall–Kier alpha value is -2.52. The molecule has 0 bridgehead atoms. The zero-order valence-corrected chi connectivity index (χ0v) is 18.0. The summed E-state index contributed by atoms with van der Waals surface area (Å²) < 4.78 is 5.18. The maximum atomic E-state index is 13.1. The van der Waals surface area contributed by atoms with Crippen LogP contribution in [-0.2, 0) is 16.0 Å². The van der Waals surface area contributed by atoms with Crippen LogP contribution in [0.15, 0.2) is 24.3 Å². The molecular weight excluding hydrogens is 378 g/mol. The monoisotopic (exact) mass is 411 g/mol. The van der Waals surface area contributed by atoms with Crippen LogP contribution in [-0.4, -0.2) is 78.9 Å². The fourth-order valence-corrected chi connectivity index (χ4v) is 4.38. The molecule has 2 aliphatic heterocycles. The summed E-state index contributed by atoms with van der Waals surface area (Å²) >= 11 is 0. The van der Waals surface area contributed by atoms with E-state index in [9.17, 15) is 9.59 Å². The van der Waals surface area contributed by atoms with E-state index >= 15 is 0 Å². The Kier molecular flexibility index (Phi) is 8.15. The van der Waals surface area contributed by atoms with Gasteiger partial charge in [0.05, 0.1) is 19.7 Å². The fourth-order valence-electron chi connectivity index (χ4n) is 4.38.